The second-order valence-electron chi connectivity index (χ2n) is 6.22. The largest absolute Gasteiger partial charge is 0.497 e. The molecule has 1 aromatic rings. The van der Waals surface area contributed by atoms with Gasteiger partial charge in [-0.05, 0) is 49.8 Å². The molecule has 5 nitrogen and oxygen atoms in total. The highest BCUT2D eigenvalue weighted by Gasteiger charge is 2.27. The SMILES string of the molecule is COc1ccc([C@@H](C)C(=O)N2CCC[C@@H](CCC(=O)O)C2)cc1. The fourth-order valence-corrected chi connectivity index (χ4v) is 3.14. The summed E-state index contributed by atoms with van der Waals surface area (Å²) in [6.07, 6.45) is 2.79. The highest BCUT2D eigenvalue weighted by Crippen LogP contribution is 2.26. The molecule has 2 atom stereocenters. The topological polar surface area (TPSA) is 66.8 Å². The Morgan fingerprint density at radius 3 is 2.65 bits per heavy atom. The van der Waals surface area contributed by atoms with Gasteiger partial charge >= 0.3 is 5.97 Å². The van der Waals surface area contributed by atoms with Crippen LogP contribution in [0.4, 0.5) is 0 Å². The highest BCUT2D eigenvalue weighted by atomic mass is 16.5. The molecule has 1 heterocycles. The number of ether oxygens (including phenoxy) is 1. The molecule has 1 N–H and O–H groups in total. The molecule has 0 bridgehead atoms. The van der Waals surface area contributed by atoms with Crippen LogP contribution in [0.1, 0.15) is 44.1 Å². The molecule has 23 heavy (non-hydrogen) atoms. The summed E-state index contributed by atoms with van der Waals surface area (Å²) in [5.74, 6) is 0.237. The Morgan fingerprint density at radius 2 is 2.04 bits per heavy atom. The first-order valence-corrected chi connectivity index (χ1v) is 8.15. The second-order valence-corrected chi connectivity index (χ2v) is 6.22. The number of hydrogen-bond acceptors (Lipinski definition) is 3. The van der Waals surface area contributed by atoms with Crippen LogP contribution in [0.5, 0.6) is 5.75 Å². The molecule has 0 saturated carbocycles. The molecule has 126 valence electrons. The molecular weight excluding hydrogens is 294 g/mol. The van der Waals surface area contributed by atoms with Gasteiger partial charge < -0.3 is 14.7 Å². The van der Waals surface area contributed by atoms with Crippen molar-refractivity contribution in [2.24, 2.45) is 5.92 Å². The van der Waals surface area contributed by atoms with E-state index < -0.39 is 5.97 Å². The molecule has 1 aliphatic rings. The molecule has 0 aromatic heterocycles. The third-order valence-electron chi connectivity index (χ3n) is 4.58. The molecule has 0 aliphatic carbocycles. The zero-order valence-corrected chi connectivity index (χ0v) is 13.8. The van der Waals surface area contributed by atoms with Crippen molar-refractivity contribution < 1.29 is 19.4 Å². The number of carbonyl (C=O) groups excluding carboxylic acids is 1. The third-order valence-corrected chi connectivity index (χ3v) is 4.58. The van der Waals surface area contributed by atoms with Gasteiger partial charge in [-0.2, -0.15) is 0 Å². The van der Waals surface area contributed by atoms with Crippen molar-refractivity contribution in [3.8, 4) is 5.75 Å². The Morgan fingerprint density at radius 1 is 1.35 bits per heavy atom. The Labute approximate surface area is 137 Å². The summed E-state index contributed by atoms with van der Waals surface area (Å²) in [6.45, 7) is 3.36. The highest BCUT2D eigenvalue weighted by molar-refractivity contribution is 5.83. The van der Waals surface area contributed by atoms with E-state index >= 15 is 0 Å². The number of carboxylic acids is 1. The van der Waals surface area contributed by atoms with E-state index in [9.17, 15) is 9.59 Å². The summed E-state index contributed by atoms with van der Waals surface area (Å²) in [5, 5.41) is 8.81. The molecule has 0 spiro atoms. The van der Waals surface area contributed by atoms with E-state index in [1.807, 2.05) is 36.1 Å². The van der Waals surface area contributed by atoms with Crippen LogP contribution < -0.4 is 4.74 Å². The van der Waals surface area contributed by atoms with Gasteiger partial charge in [0.05, 0.1) is 13.0 Å². The van der Waals surface area contributed by atoms with E-state index in [0.29, 0.717) is 18.9 Å². The van der Waals surface area contributed by atoms with E-state index in [2.05, 4.69) is 0 Å². The Balaban J connectivity index is 1.96. The Hall–Kier alpha value is -2.04. The molecule has 1 fully saturated rings. The Bertz CT molecular complexity index is 540. The van der Waals surface area contributed by atoms with Crippen molar-refractivity contribution in [3.63, 3.8) is 0 Å². The van der Waals surface area contributed by atoms with E-state index in [1.54, 1.807) is 7.11 Å². The quantitative estimate of drug-likeness (QED) is 0.875. The number of carbonyl (C=O) groups is 2. The van der Waals surface area contributed by atoms with Crippen molar-refractivity contribution in [3.05, 3.63) is 29.8 Å². The lowest BCUT2D eigenvalue weighted by Crippen LogP contribution is -2.42. The lowest BCUT2D eigenvalue weighted by Gasteiger charge is -2.34. The first-order chi connectivity index (χ1) is 11.0. The number of aliphatic carboxylic acids is 1. The smallest absolute Gasteiger partial charge is 0.303 e. The van der Waals surface area contributed by atoms with Crippen molar-refractivity contribution in [1.82, 2.24) is 4.90 Å². The zero-order valence-electron chi connectivity index (χ0n) is 13.8. The lowest BCUT2D eigenvalue weighted by molar-refractivity contribution is -0.137. The standard InChI is InChI=1S/C18H25NO4/c1-13(15-6-8-16(23-2)9-7-15)18(22)19-11-3-4-14(12-19)5-10-17(20)21/h6-9,13-14H,3-5,10-12H2,1-2H3,(H,20,21)/t13-,14+/m1/s1. The number of likely N-dealkylation sites (tertiary alicyclic amines) is 1. The number of methoxy groups -OCH3 is 1. The monoisotopic (exact) mass is 319 g/mol. The molecule has 1 aromatic carbocycles. The lowest BCUT2D eigenvalue weighted by atomic mass is 9.91. The van der Waals surface area contributed by atoms with E-state index in [4.69, 9.17) is 9.84 Å². The van der Waals surface area contributed by atoms with Crippen LogP contribution in [0.3, 0.4) is 0 Å². The molecule has 2 rings (SSSR count). The first-order valence-electron chi connectivity index (χ1n) is 8.15. The van der Waals surface area contributed by atoms with Gasteiger partial charge in [-0.25, -0.2) is 0 Å². The summed E-state index contributed by atoms with van der Waals surface area (Å²) in [6, 6.07) is 7.58. The van der Waals surface area contributed by atoms with Gasteiger partial charge in [-0.3, -0.25) is 9.59 Å². The van der Waals surface area contributed by atoms with Crippen molar-refractivity contribution in [2.75, 3.05) is 20.2 Å². The van der Waals surface area contributed by atoms with Gasteiger partial charge in [0.2, 0.25) is 5.91 Å². The fourth-order valence-electron chi connectivity index (χ4n) is 3.14. The minimum absolute atomic E-state index is 0.121. The molecule has 5 heteroatoms. The first kappa shape index (κ1) is 17.3. The number of benzene rings is 1. The van der Waals surface area contributed by atoms with Gasteiger partial charge in [0.15, 0.2) is 0 Å². The summed E-state index contributed by atoms with van der Waals surface area (Å²) in [7, 11) is 1.62. The number of piperidine rings is 1. The predicted octanol–water partition coefficient (Wildman–Crippen LogP) is 2.90. The maximum atomic E-state index is 12.7. The number of carboxylic acid groups (broad SMARTS) is 1. The van der Waals surface area contributed by atoms with Crippen LogP contribution >= 0.6 is 0 Å². The van der Waals surface area contributed by atoms with Crippen LogP contribution in [-0.2, 0) is 9.59 Å². The van der Waals surface area contributed by atoms with E-state index in [0.717, 1.165) is 30.7 Å². The summed E-state index contributed by atoms with van der Waals surface area (Å²) in [5.41, 5.74) is 0.975. The van der Waals surface area contributed by atoms with Crippen molar-refractivity contribution >= 4 is 11.9 Å². The van der Waals surface area contributed by atoms with Gasteiger partial charge in [-0.1, -0.05) is 12.1 Å². The molecule has 1 aliphatic heterocycles. The number of amides is 1. The van der Waals surface area contributed by atoms with Crippen LogP contribution in [0.25, 0.3) is 0 Å². The third kappa shape index (κ3) is 4.71. The normalized spacial score (nSPS) is 19.2. The van der Waals surface area contributed by atoms with Crippen LogP contribution in [0.15, 0.2) is 24.3 Å². The van der Waals surface area contributed by atoms with Gasteiger partial charge in [0.25, 0.3) is 0 Å². The molecular formula is C18H25NO4. The van der Waals surface area contributed by atoms with Crippen molar-refractivity contribution in [2.45, 2.75) is 38.5 Å². The molecule has 0 radical (unpaired) electrons. The van der Waals surface area contributed by atoms with Crippen LogP contribution in [0, 0.1) is 5.92 Å². The molecule has 0 unspecified atom stereocenters. The fraction of sp³-hybridized carbons (Fsp3) is 0.556. The van der Waals surface area contributed by atoms with E-state index in [1.165, 1.54) is 0 Å². The maximum Gasteiger partial charge on any atom is 0.303 e. The van der Waals surface area contributed by atoms with Crippen molar-refractivity contribution in [1.29, 1.82) is 0 Å². The second kappa shape index (κ2) is 7.99. The maximum absolute atomic E-state index is 12.7. The summed E-state index contributed by atoms with van der Waals surface area (Å²) < 4.78 is 5.14. The minimum atomic E-state index is -0.764. The molecule has 1 saturated heterocycles. The van der Waals surface area contributed by atoms with Crippen LogP contribution in [0.2, 0.25) is 0 Å². The van der Waals surface area contributed by atoms with E-state index in [-0.39, 0.29) is 18.2 Å². The number of hydrogen-bond donors (Lipinski definition) is 1. The van der Waals surface area contributed by atoms with Crippen LogP contribution in [-0.4, -0.2) is 42.1 Å². The van der Waals surface area contributed by atoms with Gasteiger partial charge in [-0.15, -0.1) is 0 Å². The summed E-state index contributed by atoms with van der Waals surface area (Å²) >= 11 is 0. The average molecular weight is 319 g/mol. The predicted molar refractivity (Wildman–Crippen MR) is 87.6 cm³/mol. The summed E-state index contributed by atoms with van der Waals surface area (Å²) in [4.78, 5) is 25.3. The number of nitrogens with zero attached hydrogens (tertiary/aromatic N) is 1. The minimum Gasteiger partial charge on any atom is -0.497 e. The average Bonchev–Trinajstić information content (AvgIpc) is 2.59. The van der Waals surface area contributed by atoms with Gasteiger partial charge in [0, 0.05) is 19.5 Å². The number of rotatable bonds is 6. The van der Waals surface area contributed by atoms with Gasteiger partial charge in [0.1, 0.15) is 5.75 Å². The molecule has 1 amide bonds. The zero-order chi connectivity index (χ0) is 16.8. The Kier molecular flexibility index (Phi) is 6.02.